The highest BCUT2D eigenvalue weighted by atomic mass is 16.5. The van der Waals surface area contributed by atoms with E-state index in [1.807, 2.05) is 37.3 Å². The van der Waals surface area contributed by atoms with Crippen LogP contribution in [-0.4, -0.2) is 23.5 Å². The van der Waals surface area contributed by atoms with Gasteiger partial charge in [-0.1, -0.05) is 35.9 Å². The van der Waals surface area contributed by atoms with Gasteiger partial charge in [0.05, 0.1) is 17.3 Å². The summed E-state index contributed by atoms with van der Waals surface area (Å²) < 4.78 is 10.7. The first-order valence-electron chi connectivity index (χ1n) is 9.07. The lowest BCUT2D eigenvalue weighted by molar-refractivity contribution is -0.119. The number of nitrogens with one attached hydrogen (secondary N) is 1. The highest BCUT2D eigenvalue weighted by Crippen LogP contribution is 2.25. The number of pyridine rings is 1. The Bertz CT molecular complexity index is 1170. The van der Waals surface area contributed by atoms with Gasteiger partial charge in [0, 0.05) is 11.1 Å². The molecule has 0 aliphatic carbocycles. The summed E-state index contributed by atoms with van der Waals surface area (Å²) in [5.41, 5.74) is 3.21. The molecule has 0 atom stereocenters. The number of esters is 1. The van der Waals surface area contributed by atoms with Crippen LogP contribution in [0, 0.1) is 6.92 Å². The summed E-state index contributed by atoms with van der Waals surface area (Å²) in [5, 5.41) is 3.35. The number of benzene rings is 2. The molecule has 0 saturated carbocycles. The predicted molar refractivity (Wildman–Crippen MR) is 110 cm³/mol. The summed E-state index contributed by atoms with van der Waals surface area (Å²) in [7, 11) is 0. The van der Waals surface area contributed by atoms with Crippen molar-refractivity contribution in [3.63, 3.8) is 0 Å². The second-order valence-electron chi connectivity index (χ2n) is 6.54. The number of carbonyl (C=O) groups is 2. The van der Waals surface area contributed by atoms with Gasteiger partial charge in [-0.25, -0.2) is 9.78 Å². The largest absolute Gasteiger partial charge is 0.463 e. The first-order valence-corrected chi connectivity index (χ1v) is 9.07. The number of para-hydroxylation sites is 1. The van der Waals surface area contributed by atoms with E-state index in [1.54, 1.807) is 42.7 Å². The van der Waals surface area contributed by atoms with Crippen LogP contribution in [0.2, 0.25) is 0 Å². The third-order valence-corrected chi connectivity index (χ3v) is 4.38. The summed E-state index contributed by atoms with van der Waals surface area (Å²) >= 11 is 0. The van der Waals surface area contributed by atoms with Crippen LogP contribution in [0.3, 0.4) is 0 Å². The Morgan fingerprint density at radius 1 is 1.03 bits per heavy atom. The molecule has 0 aliphatic rings. The van der Waals surface area contributed by atoms with E-state index in [2.05, 4.69) is 10.3 Å². The number of hydrogen-bond acceptors (Lipinski definition) is 5. The minimum absolute atomic E-state index is 0.324. The SMILES string of the molecule is Cc1ccc(NC(=O)COC(=O)c2cc(-c3ccco3)nc3ccccc23)cc1. The second-order valence-corrected chi connectivity index (χ2v) is 6.54. The Balaban J connectivity index is 1.53. The summed E-state index contributed by atoms with van der Waals surface area (Å²) in [6, 6.07) is 19.7. The van der Waals surface area contributed by atoms with Crippen LogP contribution in [0.25, 0.3) is 22.4 Å². The zero-order valence-electron chi connectivity index (χ0n) is 15.7. The molecule has 1 amide bonds. The van der Waals surface area contributed by atoms with Crippen molar-refractivity contribution in [2.24, 2.45) is 0 Å². The van der Waals surface area contributed by atoms with Gasteiger partial charge in [0.1, 0.15) is 5.69 Å². The molecule has 6 nitrogen and oxygen atoms in total. The van der Waals surface area contributed by atoms with Crippen LogP contribution in [0.5, 0.6) is 0 Å². The second kappa shape index (κ2) is 7.98. The standard InChI is InChI=1S/C23H18N2O4/c1-15-8-10-16(11-9-15)24-22(26)14-29-23(27)18-13-20(21-7-4-12-28-21)25-19-6-3-2-5-17(18)19/h2-13H,14H2,1H3,(H,24,26). The maximum absolute atomic E-state index is 12.7. The summed E-state index contributed by atoms with van der Waals surface area (Å²) in [5.74, 6) is -0.468. The third kappa shape index (κ3) is 4.16. The van der Waals surface area contributed by atoms with E-state index in [9.17, 15) is 9.59 Å². The monoisotopic (exact) mass is 386 g/mol. The first kappa shape index (κ1) is 18.4. The summed E-state index contributed by atoms with van der Waals surface area (Å²) in [4.78, 5) is 29.4. The van der Waals surface area contributed by atoms with E-state index in [4.69, 9.17) is 9.15 Å². The van der Waals surface area contributed by atoms with Crippen molar-refractivity contribution >= 4 is 28.5 Å². The number of rotatable bonds is 5. The number of carbonyl (C=O) groups excluding carboxylic acids is 2. The lowest BCUT2D eigenvalue weighted by atomic mass is 10.1. The third-order valence-electron chi connectivity index (χ3n) is 4.38. The van der Waals surface area contributed by atoms with E-state index in [0.29, 0.717) is 33.6 Å². The van der Waals surface area contributed by atoms with Crippen LogP contribution >= 0.6 is 0 Å². The van der Waals surface area contributed by atoms with Crippen molar-refractivity contribution in [3.05, 3.63) is 84.1 Å². The molecule has 29 heavy (non-hydrogen) atoms. The summed E-state index contributed by atoms with van der Waals surface area (Å²) in [6.07, 6.45) is 1.54. The lowest BCUT2D eigenvalue weighted by Gasteiger charge is -2.10. The number of anilines is 1. The van der Waals surface area contributed by atoms with Crippen molar-refractivity contribution in [3.8, 4) is 11.5 Å². The lowest BCUT2D eigenvalue weighted by Crippen LogP contribution is -2.21. The number of hydrogen-bond donors (Lipinski definition) is 1. The first-order chi connectivity index (χ1) is 14.1. The Kier molecular flexibility index (Phi) is 5.07. The minimum atomic E-state index is -0.601. The minimum Gasteiger partial charge on any atom is -0.463 e. The quantitative estimate of drug-likeness (QED) is 0.507. The summed E-state index contributed by atoms with van der Waals surface area (Å²) in [6.45, 7) is 1.57. The van der Waals surface area contributed by atoms with Crippen LogP contribution in [0.1, 0.15) is 15.9 Å². The number of nitrogens with zero attached hydrogens (tertiary/aromatic N) is 1. The van der Waals surface area contributed by atoms with Gasteiger partial charge in [-0.05, 0) is 43.3 Å². The van der Waals surface area contributed by atoms with Crippen LogP contribution in [0.15, 0.2) is 77.4 Å². The topological polar surface area (TPSA) is 81.4 Å². The Morgan fingerprint density at radius 3 is 2.59 bits per heavy atom. The van der Waals surface area contributed by atoms with Gasteiger partial charge in [0.15, 0.2) is 12.4 Å². The molecule has 0 saturated heterocycles. The molecule has 6 heteroatoms. The van der Waals surface area contributed by atoms with Crippen molar-refractivity contribution in [1.82, 2.24) is 4.98 Å². The van der Waals surface area contributed by atoms with E-state index >= 15 is 0 Å². The fourth-order valence-corrected chi connectivity index (χ4v) is 2.94. The number of aromatic nitrogens is 1. The fraction of sp³-hybridized carbons (Fsp3) is 0.0870. The van der Waals surface area contributed by atoms with Gasteiger partial charge in [0.25, 0.3) is 5.91 Å². The van der Waals surface area contributed by atoms with Gasteiger partial charge in [-0.15, -0.1) is 0 Å². The van der Waals surface area contributed by atoms with Crippen LogP contribution in [0.4, 0.5) is 5.69 Å². The molecule has 0 fully saturated rings. The van der Waals surface area contributed by atoms with Gasteiger partial charge < -0.3 is 14.5 Å². The molecule has 2 aromatic carbocycles. The molecule has 4 rings (SSSR count). The molecule has 0 aliphatic heterocycles. The number of aryl methyl sites for hydroxylation is 1. The van der Waals surface area contributed by atoms with Crippen molar-refractivity contribution in [2.75, 3.05) is 11.9 Å². The van der Waals surface area contributed by atoms with Crippen molar-refractivity contribution < 1.29 is 18.7 Å². The number of fused-ring (bicyclic) bond motifs is 1. The normalized spacial score (nSPS) is 10.7. The van der Waals surface area contributed by atoms with Gasteiger partial charge in [0.2, 0.25) is 0 Å². The van der Waals surface area contributed by atoms with Gasteiger partial charge in [-0.2, -0.15) is 0 Å². The van der Waals surface area contributed by atoms with Crippen LogP contribution in [-0.2, 0) is 9.53 Å². The van der Waals surface area contributed by atoms with E-state index < -0.39 is 11.9 Å². The van der Waals surface area contributed by atoms with E-state index in [1.165, 1.54) is 0 Å². The smallest absolute Gasteiger partial charge is 0.339 e. The Labute approximate surface area is 167 Å². The molecule has 0 spiro atoms. The average Bonchev–Trinajstić information content (AvgIpc) is 3.28. The average molecular weight is 386 g/mol. The molecule has 144 valence electrons. The zero-order chi connectivity index (χ0) is 20.2. The Hall–Kier alpha value is -3.93. The molecule has 4 aromatic rings. The molecule has 2 aromatic heterocycles. The van der Waals surface area contributed by atoms with E-state index in [0.717, 1.165) is 5.56 Å². The van der Waals surface area contributed by atoms with Crippen LogP contribution < -0.4 is 5.32 Å². The van der Waals surface area contributed by atoms with Gasteiger partial charge >= 0.3 is 5.97 Å². The molecule has 0 bridgehead atoms. The molecule has 0 unspecified atom stereocenters. The Morgan fingerprint density at radius 2 is 1.83 bits per heavy atom. The number of ether oxygens (including phenoxy) is 1. The molecule has 0 radical (unpaired) electrons. The molecule has 2 heterocycles. The maximum Gasteiger partial charge on any atom is 0.339 e. The zero-order valence-corrected chi connectivity index (χ0v) is 15.7. The van der Waals surface area contributed by atoms with Crippen molar-refractivity contribution in [2.45, 2.75) is 6.92 Å². The van der Waals surface area contributed by atoms with Gasteiger partial charge in [-0.3, -0.25) is 4.79 Å². The predicted octanol–water partition coefficient (Wildman–Crippen LogP) is 4.60. The fourth-order valence-electron chi connectivity index (χ4n) is 2.94. The molecular formula is C23H18N2O4. The maximum atomic E-state index is 12.7. The van der Waals surface area contributed by atoms with Crippen molar-refractivity contribution in [1.29, 1.82) is 0 Å². The molecule has 1 N–H and O–H groups in total. The number of amides is 1. The highest BCUT2D eigenvalue weighted by molar-refractivity contribution is 6.05. The molecular weight excluding hydrogens is 368 g/mol. The van der Waals surface area contributed by atoms with E-state index in [-0.39, 0.29) is 6.61 Å². The highest BCUT2D eigenvalue weighted by Gasteiger charge is 2.17. The number of furan rings is 1.